The quantitative estimate of drug-likeness (QED) is 0.725. The first-order valence-corrected chi connectivity index (χ1v) is 6.08. The zero-order valence-corrected chi connectivity index (χ0v) is 9.28. The van der Waals surface area contributed by atoms with Crippen LogP contribution in [0.5, 0.6) is 5.75 Å². The first kappa shape index (κ1) is 9.26. The van der Waals surface area contributed by atoms with Crippen molar-refractivity contribution < 1.29 is 4.74 Å². The molecular formula is C14H18O. The van der Waals surface area contributed by atoms with Gasteiger partial charge in [0.25, 0.3) is 0 Å². The lowest BCUT2D eigenvalue weighted by atomic mass is 9.84. The largest absolute Gasteiger partial charge is 0.490 e. The second kappa shape index (κ2) is 3.55. The Hall–Kier alpha value is -0.980. The van der Waals surface area contributed by atoms with E-state index in [1.807, 2.05) is 0 Å². The van der Waals surface area contributed by atoms with Gasteiger partial charge in [-0.1, -0.05) is 19.1 Å². The highest BCUT2D eigenvalue weighted by molar-refractivity contribution is 5.33. The molecule has 0 atom stereocenters. The maximum atomic E-state index is 5.94. The predicted molar refractivity (Wildman–Crippen MR) is 61.2 cm³/mol. The first-order valence-electron chi connectivity index (χ1n) is 6.08. The van der Waals surface area contributed by atoms with Crippen molar-refractivity contribution in [2.45, 2.75) is 44.6 Å². The van der Waals surface area contributed by atoms with Crippen LogP contribution < -0.4 is 4.74 Å². The molecule has 1 nitrogen and oxygen atoms in total. The number of benzene rings is 1. The van der Waals surface area contributed by atoms with Gasteiger partial charge in [-0.15, -0.1) is 0 Å². The van der Waals surface area contributed by atoms with Crippen molar-refractivity contribution >= 4 is 0 Å². The van der Waals surface area contributed by atoms with Gasteiger partial charge in [-0.2, -0.15) is 0 Å². The molecule has 1 aromatic carbocycles. The number of hydrogen-bond donors (Lipinski definition) is 0. The molecule has 3 rings (SSSR count). The van der Waals surface area contributed by atoms with E-state index in [1.54, 1.807) is 0 Å². The fourth-order valence-electron chi connectivity index (χ4n) is 2.38. The van der Waals surface area contributed by atoms with E-state index >= 15 is 0 Å². The van der Waals surface area contributed by atoms with Gasteiger partial charge >= 0.3 is 0 Å². The number of rotatable bonds is 3. The highest BCUT2D eigenvalue weighted by Gasteiger charge is 2.28. The zero-order valence-electron chi connectivity index (χ0n) is 9.28. The number of ether oxygens (including phenoxy) is 1. The molecule has 0 radical (unpaired) electrons. The maximum absolute atomic E-state index is 5.94. The van der Waals surface area contributed by atoms with E-state index in [9.17, 15) is 0 Å². The minimum atomic E-state index is 0.481. The molecule has 0 N–H and O–H groups in total. The van der Waals surface area contributed by atoms with Crippen molar-refractivity contribution in [1.29, 1.82) is 0 Å². The van der Waals surface area contributed by atoms with Gasteiger partial charge in [-0.05, 0) is 55.2 Å². The van der Waals surface area contributed by atoms with Crippen LogP contribution in [0.1, 0.15) is 44.1 Å². The highest BCUT2D eigenvalue weighted by Crippen LogP contribution is 2.41. The topological polar surface area (TPSA) is 9.23 Å². The van der Waals surface area contributed by atoms with Crippen LogP contribution in [0.4, 0.5) is 0 Å². The molecule has 0 saturated heterocycles. The van der Waals surface area contributed by atoms with Gasteiger partial charge in [0.15, 0.2) is 0 Å². The molecule has 15 heavy (non-hydrogen) atoms. The summed E-state index contributed by atoms with van der Waals surface area (Å²) in [6.45, 7) is 2.29. The average Bonchev–Trinajstić information content (AvgIpc) is 2.99. The van der Waals surface area contributed by atoms with Crippen LogP contribution in [0, 0.1) is 5.92 Å². The minimum Gasteiger partial charge on any atom is -0.490 e. The van der Waals surface area contributed by atoms with Gasteiger partial charge in [-0.25, -0.2) is 0 Å². The van der Waals surface area contributed by atoms with Crippen LogP contribution in [-0.4, -0.2) is 6.10 Å². The summed E-state index contributed by atoms with van der Waals surface area (Å²) in [5, 5.41) is 0. The van der Waals surface area contributed by atoms with E-state index in [2.05, 4.69) is 31.2 Å². The molecule has 2 fully saturated rings. The summed E-state index contributed by atoms with van der Waals surface area (Å²) in [5.41, 5.74) is 1.47. The lowest BCUT2D eigenvalue weighted by molar-refractivity contribution is 0.0738. The zero-order chi connectivity index (χ0) is 10.3. The van der Waals surface area contributed by atoms with E-state index in [0.717, 1.165) is 17.6 Å². The van der Waals surface area contributed by atoms with Crippen LogP contribution in [0.15, 0.2) is 24.3 Å². The Balaban J connectivity index is 1.66. The van der Waals surface area contributed by atoms with Crippen molar-refractivity contribution in [1.82, 2.24) is 0 Å². The third-order valence-electron chi connectivity index (χ3n) is 3.54. The van der Waals surface area contributed by atoms with Gasteiger partial charge in [0.05, 0.1) is 6.10 Å². The van der Waals surface area contributed by atoms with Crippen LogP contribution >= 0.6 is 0 Å². The third kappa shape index (κ3) is 2.01. The maximum Gasteiger partial charge on any atom is 0.120 e. The third-order valence-corrected chi connectivity index (χ3v) is 3.54. The Bertz CT molecular complexity index is 348. The second-order valence-corrected chi connectivity index (χ2v) is 5.16. The molecule has 80 valence electrons. The van der Waals surface area contributed by atoms with Crippen LogP contribution in [0.3, 0.4) is 0 Å². The van der Waals surface area contributed by atoms with E-state index in [-0.39, 0.29) is 0 Å². The molecule has 0 heterocycles. The molecule has 1 aromatic rings. The summed E-state index contributed by atoms with van der Waals surface area (Å²) in [6.07, 6.45) is 5.67. The monoisotopic (exact) mass is 202 g/mol. The molecule has 1 heteroatoms. The van der Waals surface area contributed by atoms with E-state index in [0.29, 0.717) is 6.10 Å². The fourth-order valence-corrected chi connectivity index (χ4v) is 2.38. The Morgan fingerprint density at radius 1 is 1.20 bits per heavy atom. The Kier molecular flexibility index (Phi) is 2.19. The van der Waals surface area contributed by atoms with E-state index in [4.69, 9.17) is 4.74 Å². The molecule has 0 spiro atoms. The lowest BCUT2D eigenvalue weighted by Gasteiger charge is -2.32. The van der Waals surface area contributed by atoms with Crippen LogP contribution in [0.25, 0.3) is 0 Å². The van der Waals surface area contributed by atoms with Crippen LogP contribution in [-0.2, 0) is 0 Å². The summed E-state index contributed by atoms with van der Waals surface area (Å²) in [5.74, 6) is 2.77. The fraction of sp³-hybridized carbons (Fsp3) is 0.571. The molecule has 0 bridgehead atoms. The van der Waals surface area contributed by atoms with Crippen molar-refractivity contribution in [3.8, 4) is 5.75 Å². The van der Waals surface area contributed by atoms with Gasteiger partial charge in [-0.3, -0.25) is 0 Å². The molecule has 0 aliphatic heterocycles. The van der Waals surface area contributed by atoms with Crippen molar-refractivity contribution in [2.75, 3.05) is 0 Å². The molecule has 0 aromatic heterocycles. The van der Waals surface area contributed by atoms with E-state index < -0.39 is 0 Å². The lowest BCUT2D eigenvalue weighted by Crippen LogP contribution is -2.31. The summed E-state index contributed by atoms with van der Waals surface area (Å²) < 4.78 is 5.94. The molecule has 2 aliphatic carbocycles. The second-order valence-electron chi connectivity index (χ2n) is 5.16. The Morgan fingerprint density at radius 2 is 2.00 bits per heavy atom. The van der Waals surface area contributed by atoms with E-state index in [1.165, 1.54) is 31.2 Å². The SMILES string of the molecule is CC1CC(Oc2cccc(C3CC3)c2)C1. The van der Waals surface area contributed by atoms with Gasteiger partial charge < -0.3 is 4.74 Å². The van der Waals surface area contributed by atoms with Gasteiger partial charge in [0.2, 0.25) is 0 Å². The molecule has 0 unspecified atom stereocenters. The standard InChI is InChI=1S/C14H18O/c1-10-7-14(8-10)15-13-4-2-3-12(9-13)11-5-6-11/h2-4,9-11,14H,5-8H2,1H3. The summed E-state index contributed by atoms with van der Waals surface area (Å²) in [7, 11) is 0. The molecular weight excluding hydrogens is 184 g/mol. The van der Waals surface area contributed by atoms with Crippen molar-refractivity contribution in [3.63, 3.8) is 0 Å². The first-order chi connectivity index (χ1) is 7.31. The normalized spacial score (nSPS) is 29.7. The minimum absolute atomic E-state index is 0.481. The number of hydrogen-bond acceptors (Lipinski definition) is 1. The molecule has 0 amide bonds. The van der Waals surface area contributed by atoms with Crippen LogP contribution in [0.2, 0.25) is 0 Å². The summed E-state index contributed by atoms with van der Waals surface area (Å²) >= 11 is 0. The Labute approximate surface area is 91.5 Å². The molecule has 2 saturated carbocycles. The van der Waals surface area contributed by atoms with Gasteiger partial charge in [0, 0.05) is 0 Å². The van der Waals surface area contributed by atoms with Crippen molar-refractivity contribution in [3.05, 3.63) is 29.8 Å². The summed E-state index contributed by atoms with van der Waals surface area (Å²) in [6, 6.07) is 8.69. The average molecular weight is 202 g/mol. The highest BCUT2D eigenvalue weighted by atomic mass is 16.5. The predicted octanol–water partition coefficient (Wildman–Crippen LogP) is 3.74. The smallest absolute Gasteiger partial charge is 0.120 e. The Morgan fingerprint density at radius 3 is 2.67 bits per heavy atom. The molecule has 2 aliphatic rings. The van der Waals surface area contributed by atoms with Gasteiger partial charge in [0.1, 0.15) is 5.75 Å². The summed E-state index contributed by atoms with van der Waals surface area (Å²) in [4.78, 5) is 0. The van der Waals surface area contributed by atoms with Crippen molar-refractivity contribution in [2.24, 2.45) is 5.92 Å².